The second kappa shape index (κ2) is 6.17. The highest BCUT2D eigenvalue weighted by atomic mass is 79.9. The summed E-state index contributed by atoms with van der Waals surface area (Å²) < 4.78 is 16.9. The molecule has 5 nitrogen and oxygen atoms in total. The molecule has 2 rings (SSSR count). The van der Waals surface area contributed by atoms with Crippen molar-refractivity contribution in [1.82, 2.24) is 4.98 Å². The van der Waals surface area contributed by atoms with Crippen molar-refractivity contribution in [3.8, 4) is 11.5 Å². The minimum absolute atomic E-state index is 0.0635. The second-order valence-electron chi connectivity index (χ2n) is 3.46. The van der Waals surface area contributed by atoms with Crippen LogP contribution in [0.1, 0.15) is 16.2 Å². The highest BCUT2D eigenvalue weighted by molar-refractivity contribution is 9.12. The lowest BCUT2D eigenvalue weighted by Crippen LogP contribution is -2.04. The van der Waals surface area contributed by atoms with Crippen molar-refractivity contribution < 1.29 is 18.7 Å². The summed E-state index contributed by atoms with van der Waals surface area (Å²) in [5.74, 6) is -0.161. The first-order valence-electron chi connectivity index (χ1n) is 5.09. The van der Waals surface area contributed by atoms with Crippen LogP contribution in [0.2, 0.25) is 0 Å². The van der Waals surface area contributed by atoms with Crippen molar-refractivity contribution in [1.29, 1.82) is 0 Å². The third-order valence-corrected chi connectivity index (χ3v) is 4.58. The van der Waals surface area contributed by atoms with Crippen LogP contribution in [-0.2, 0) is 16.1 Å². The van der Waals surface area contributed by atoms with Crippen LogP contribution < -0.4 is 0 Å². The Kier molecular flexibility index (Phi) is 4.77. The van der Waals surface area contributed by atoms with E-state index in [2.05, 4.69) is 41.6 Å². The Balaban J connectivity index is 2.48. The molecule has 0 aliphatic heterocycles. The Morgan fingerprint density at radius 2 is 2.21 bits per heavy atom. The molecule has 0 atom stereocenters. The highest BCUT2D eigenvalue weighted by Crippen LogP contribution is 2.38. The van der Waals surface area contributed by atoms with Crippen LogP contribution in [0.5, 0.6) is 0 Å². The molecule has 0 unspecified atom stereocenters. The van der Waals surface area contributed by atoms with Crippen LogP contribution in [0.4, 0.5) is 0 Å². The summed E-state index contributed by atoms with van der Waals surface area (Å²) in [6, 6.07) is 1.86. The van der Waals surface area contributed by atoms with Gasteiger partial charge in [0.15, 0.2) is 0 Å². The number of oxazole rings is 1. The molecule has 19 heavy (non-hydrogen) atoms. The van der Waals surface area contributed by atoms with Gasteiger partial charge in [0.05, 0.1) is 26.9 Å². The lowest BCUT2D eigenvalue weighted by molar-refractivity contribution is 0.0559. The predicted molar refractivity (Wildman–Crippen MR) is 77.3 cm³/mol. The Labute approximate surface area is 130 Å². The molecule has 0 spiro atoms. The van der Waals surface area contributed by atoms with Crippen molar-refractivity contribution >= 4 is 49.2 Å². The minimum Gasteiger partial charge on any atom is -0.463 e. The SMILES string of the molecule is COCc1nc(-c2cc(Br)sc2Br)oc1C(=O)OC. The van der Waals surface area contributed by atoms with E-state index in [0.29, 0.717) is 11.6 Å². The zero-order valence-electron chi connectivity index (χ0n) is 10.0. The maximum Gasteiger partial charge on any atom is 0.376 e. The van der Waals surface area contributed by atoms with Crippen LogP contribution >= 0.6 is 43.2 Å². The van der Waals surface area contributed by atoms with Crippen molar-refractivity contribution in [2.24, 2.45) is 0 Å². The fraction of sp³-hybridized carbons (Fsp3) is 0.273. The lowest BCUT2D eigenvalue weighted by atomic mass is 10.3. The number of halogens is 2. The number of nitrogens with zero attached hydrogens (tertiary/aromatic N) is 1. The number of hydrogen-bond acceptors (Lipinski definition) is 6. The smallest absolute Gasteiger partial charge is 0.376 e. The Morgan fingerprint density at radius 3 is 2.74 bits per heavy atom. The Morgan fingerprint density at radius 1 is 1.47 bits per heavy atom. The van der Waals surface area contributed by atoms with Crippen LogP contribution in [0.3, 0.4) is 0 Å². The van der Waals surface area contributed by atoms with E-state index in [1.54, 1.807) is 0 Å². The van der Waals surface area contributed by atoms with E-state index < -0.39 is 5.97 Å². The number of carbonyl (C=O) groups is 1. The number of methoxy groups -OCH3 is 2. The minimum atomic E-state index is -0.573. The van der Waals surface area contributed by atoms with E-state index in [4.69, 9.17) is 9.15 Å². The second-order valence-corrected chi connectivity index (χ2v) is 7.21. The third kappa shape index (κ3) is 3.07. The largest absolute Gasteiger partial charge is 0.463 e. The number of rotatable bonds is 4. The fourth-order valence-corrected chi connectivity index (χ4v) is 4.22. The van der Waals surface area contributed by atoms with Crippen molar-refractivity contribution in [3.05, 3.63) is 25.1 Å². The first-order chi connectivity index (χ1) is 9.06. The van der Waals surface area contributed by atoms with Gasteiger partial charge in [-0.05, 0) is 37.9 Å². The molecule has 0 radical (unpaired) electrons. The Bertz CT molecular complexity index is 608. The number of hydrogen-bond donors (Lipinski definition) is 0. The molecule has 102 valence electrons. The molecule has 0 saturated heterocycles. The van der Waals surface area contributed by atoms with E-state index in [1.807, 2.05) is 6.07 Å². The monoisotopic (exact) mass is 409 g/mol. The molecular formula is C11H9Br2NO4S. The standard InChI is InChI=1S/C11H9Br2NO4S/c1-16-4-6-8(11(15)17-2)18-10(14-6)5-3-7(12)19-9(5)13/h3H,4H2,1-2H3. The summed E-state index contributed by atoms with van der Waals surface area (Å²) >= 11 is 8.30. The van der Waals surface area contributed by atoms with Gasteiger partial charge < -0.3 is 13.9 Å². The maximum atomic E-state index is 11.6. The van der Waals surface area contributed by atoms with Crippen LogP contribution in [0.15, 0.2) is 18.1 Å². The van der Waals surface area contributed by atoms with Gasteiger partial charge in [0, 0.05) is 7.11 Å². The molecule has 8 heteroatoms. The summed E-state index contributed by atoms with van der Waals surface area (Å²) in [6.45, 7) is 0.177. The van der Waals surface area contributed by atoms with Gasteiger partial charge in [-0.3, -0.25) is 0 Å². The maximum absolute atomic E-state index is 11.6. The molecule has 0 fully saturated rings. The van der Waals surface area contributed by atoms with E-state index >= 15 is 0 Å². The van der Waals surface area contributed by atoms with Crippen LogP contribution in [-0.4, -0.2) is 25.2 Å². The summed E-state index contributed by atoms with van der Waals surface area (Å²) in [7, 11) is 2.81. The van der Waals surface area contributed by atoms with Gasteiger partial charge in [-0.25, -0.2) is 9.78 Å². The average Bonchev–Trinajstić information content (AvgIpc) is 2.92. The number of aromatic nitrogens is 1. The van der Waals surface area contributed by atoms with E-state index in [-0.39, 0.29) is 12.4 Å². The van der Waals surface area contributed by atoms with Gasteiger partial charge in [0.25, 0.3) is 0 Å². The molecular weight excluding hydrogens is 402 g/mol. The molecule has 2 heterocycles. The number of carbonyl (C=O) groups excluding carboxylic acids is 1. The van der Waals surface area contributed by atoms with Crippen LogP contribution in [0.25, 0.3) is 11.5 Å². The third-order valence-electron chi connectivity index (χ3n) is 2.24. The summed E-state index contributed by atoms with van der Waals surface area (Å²) in [5, 5.41) is 0. The normalized spacial score (nSPS) is 10.7. The van der Waals surface area contributed by atoms with Crippen molar-refractivity contribution in [2.75, 3.05) is 14.2 Å². The molecule has 0 aliphatic carbocycles. The number of ether oxygens (including phenoxy) is 2. The molecule has 0 aliphatic rings. The molecule has 0 bridgehead atoms. The van der Waals surface area contributed by atoms with Gasteiger partial charge in [0.1, 0.15) is 5.69 Å². The van der Waals surface area contributed by atoms with E-state index in [1.165, 1.54) is 25.6 Å². The van der Waals surface area contributed by atoms with E-state index in [9.17, 15) is 4.79 Å². The average molecular weight is 411 g/mol. The van der Waals surface area contributed by atoms with Crippen molar-refractivity contribution in [2.45, 2.75) is 6.61 Å². The first-order valence-corrected chi connectivity index (χ1v) is 7.49. The lowest BCUT2D eigenvalue weighted by Gasteiger charge is -1.96. The molecule has 2 aromatic rings. The zero-order valence-corrected chi connectivity index (χ0v) is 14.0. The molecule has 2 aromatic heterocycles. The molecule has 0 aromatic carbocycles. The first kappa shape index (κ1) is 14.7. The van der Waals surface area contributed by atoms with Gasteiger partial charge in [-0.1, -0.05) is 0 Å². The molecule has 0 N–H and O–H groups in total. The Hall–Kier alpha value is -0.700. The summed E-state index contributed by atoms with van der Waals surface area (Å²) in [6.07, 6.45) is 0. The summed E-state index contributed by atoms with van der Waals surface area (Å²) in [4.78, 5) is 15.9. The topological polar surface area (TPSA) is 61.6 Å². The molecule has 0 amide bonds. The zero-order chi connectivity index (χ0) is 14.0. The van der Waals surface area contributed by atoms with Gasteiger partial charge in [0.2, 0.25) is 11.7 Å². The predicted octanol–water partition coefficient (Wildman–Crippen LogP) is 3.86. The quantitative estimate of drug-likeness (QED) is 0.716. The molecule has 0 saturated carbocycles. The number of esters is 1. The number of thiophene rings is 1. The van der Waals surface area contributed by atoms with Crippen LogP contribution in [0, 0.1) is 0 Å². The summed E-state index contributed by atoms with van der Waals surface area (Å²) in [5.41, 5.74) is 1.18. The van der Waals surface area contributed by atoms with Gasteiger partial charge in [-0.2, -0.15) is 0 Å². The van der Waals surface area contributed by atoms with Gasteiger partial charge in [-0.15, -0.1) is 11.3 Å². The van der Waals surface area contributed by atoms with Gasteiger partial charge >= 0.3 is 5.97 Å². The van der Waals surface area contributed by atoms with E-state index in [0.717, 1.165) is 13.1 Å². The van der Waals surface area contributed by atoms with Crippen molar-refractivity contribution in [3.63, 3.8) is 0 Å². The fourth-order valence-electron chi connectivity index (χ4n) is 1.44. The highest BCUT2D eigenvalue weighted by Gasteiger charge is 2.23.